The molecule has 2 rings (SSSR count). The molecular weight excluding hydrogens is 356 g/mol. The lowest BCUT2D eigenvalue weighted by molar-refractivity contribution is -0.144. The minimum Gasteiger partial charge on any atom is -0.466 e. The summed E-state index contributed by atoms with van der Waals surface area (Å²) in [5.41, 5.74) is 2.46. The zero-order valence-corrected chi connectivity index (χ0v) is 16.3. The Morgan fingerprint density at radius 3 is 2.46 bits per heavy atom. The zero-order valence-electron chi connectivity index (χ0n) is 16.3. The molecule has 0 aliphatic carbocycles. The summed E-state index contributed by atoms with van der Waals surface area (Å²) in [6.07, 6.45) is 1.67. The number of carbonyl (C=O) groups is 3. The van der Waals surface area contributed by atoms with Crippen molar-refractivity contribution in [2.24, 2.45) is 0 Å². The van der Waals surface area contributed by atoms with Crippen LogP contribution in [0.1, 0.15) is 31.7 Å². The Kier molecular flexibility index (Phi) is 8.21. The third-order valence-corrected chi connectivity index (χ3v) is 4.26. The van der Waals surface area contributed by atoms with E-state index in [4.69, 9.17) is 4.74 Å². The van der Waals surface area contributed by atoms with Gasteiger partial charge >= 0.3 is 5.97 Å². The van der Waals surface area contributed by atoms with Crippen LogP contribution in [0.25, 0.3) is 0 Å². The van der Waals surface area contributed by atoms with Crippen molar-refractivity contribution < 1.29 is 19.1 Å². The molecule has 0 unspecified atom stereocenters. The fourth-order valence-corrected chi connectivity index (χ4v) is 2.59. The minimum atomic E-state index is -0.381. The van der Waals surface area contributed by atoms with Crippen LogP contribution in [0.4, 0.5) is 11.4 Å². The zero-order chi connectivity index (χ0) is 20.4. The summed E-state index contributed by atoms with van der Waals surface area (Å²) < 4.78 is 5.18. The molecule has 0 saturated carbocycles. The molecule has 2 aromatic rings. The van der Waals surface area contributed by atoms with Gasteiger partial charge in [0.1, 0.15) is 0 Å². The monoisotopic (exact) mass is 382 g/mol. The van der Waals surface area contributed by atoms with Crippen LogP contribution in [-0.2, 0) is 25.5 Å². The van der Waals surface area contributed by atoms with Crippen molar-refractivity contribution in [3.8, 4) is 0 Å². The number of hydrogen-bond acceptors (Lipinski definition) is 4. The quantitative estimate of drug-likeness (QED) is 0.531. The van der Waals surface area contributed by atoms with Crippen LogP contribution in [0.3, 0.4) is 0 Å². The summed E-state index contributed by atoms with van der Waals surface area (Å²) in [5.74, 6) is -0.754. The van der Waals surface area contributed by atoms with Gasteiger partial charge in [-0.3, -0.25) is 14.4 Å². The van der Waals surface area contributed by atoms with Crippen molar-refractivity contribution in [2.75, 3.05) is 23.9 Å². The molecule has 0 aliphatic heterocycles. The van der Waals surface area contributed by atoms with Crippen molar-refractivity contribution >= 4 is 29.2 Å². The number of rotatable bonds is 9. The van der Waals surface area contributed by atoms with Crippen LogP contribution in [0.15, 0.2) is 54.6 Å². The molecule has 6 heteroatoms. The van der Waals surface area contributed by atoms with Gasteiger partial charge in [-0.05, 0) is 36.6 Å². The molecule has 0 heterocycles. The topological polar surface area (TPSA) is 75.7 Å². The first-order chi connectivity index (χ1) is 13.5. The summed E-state index contributed by atoms with van der Waals surface area (Å²) in [6.45, 7) is 1.81. The number of nitrogens with one attached hydrogen (secondary N) is 1. The van der Waals surface area contributed by atoms with Gasteiger partial charge in [0, 0.05) is 31.8 Å². The second-order valence-corrected chi connectivity index (χ2v) is 6.49. The summed E-state index contributed by atoms with van der Waals surface area (Å²) in [6, 6.07) is 17.0. The van der Waals surface area contributed by atoms with Gasteiger partial charge < -0.3 is 15.0 Å². The lowest BCUT2D eigenvalue weighted by atomic mass is 10.1. The van der Waals surface area contributed by atoms with Gasteiger partial charge in [-0.1, -0.05) is 36.4 Å². The maximum absolute atomic E-state index is 12.0. The number of benzene rings is 2. The summed E-state index contributed by atoms with van der Waals surface area (Å²) in [7, 11) is 1.66. The summed E-state index contributed by atoms with van der Waals surface area (Å²) in [4.78, 5) is 36.8. The highest BCUT2D eigenvalue weighted by atomic mass is 16.5. The molecule has 28 heavy (non-hydrogen) atoms. The number of esters is 1. The molecule has 0 aliphatic rings. The highest BCUT2D eigenvalue weighted by Crippen LogP contribution is 2.18. The maximum atomic E-state index is 12.0. The number of anilines is 2. The van der Waals surface area contributed by atoms with Gasteiger partial charge in [-0.2, -0.15) is 0 Å². The first-order valence-electron chi connectivity index (χ1n) is 9.29. The largest absolute Gasteiger partial charge is 0.466 e. The van der Waals surface area contributed by atoms with Gasteiger partial charge in [0.15, 0.2) is 0 Å². The van der Waals surface area contributed by atoms with Crippen LogP contribution in [-0.4, -0.2) is 31.4 Å². The van der Waals surface area contributed by atoms with E-state index in [0.717, 1.165) is 12.8 Å². The van der Waals surface area contributed by atoms with Gasteiger partial charge in [0.2, 0.25) is 11.8 Å². The molecule has 1 N–H and O–H groups in total. The molecule has 0 atom stereocenters. The molecule has 2 aromatic carbocycles. The predicted octanol–water partition coefficient (Wildman–Crippen LogP) is 3.56. The van der Waals surface area contributed by atoms with E-state index in [1.54, 1.807) is 31.3 Å². The highest BCUT2D eigenvalue weighted by Gasteiger charge is 2.10. The van der Waals surface area contributed by atoms with Gasteiger partial charge in [0.05, 0.1) is 13.0 Å². The van der Waals surface area contributed by atoms with Gasteiger partial charge in [-0.25, -0.2) is 0 Å². The SMILES string of the molecule is CC(=O)N(C)c1cccc(NC(=O)CCC(=O)OCCCc2ccccc2)c1. The lowest BCUT2D eigenvalue weighted by Crippen LogP contribution is -2.23. The fourth-order valence-electron chi connectivity index (χ4n) is 2.59. The molecule has 0 saturated heterocycles. The molecule has 6 nitrogen and oxygen atoms in total. The fraction of sp³-hybridized carbons (Fsp3) is 0.318. The number of ether oxygens (including phenoxy) is 1. The number of carbonyl (C=O) groups excluding carboxylic acids is 3. The van der Waals surface area contributed by atoms with Crippen LogP contribution >= 0.6 is 0 Å². The molecule has 0 spiro atoms. The van der Waals surface area contributed by atoms with Crippen molar-refractivity contribution in [1.29, 1.82) is 0 Å². The minimum absolute atomic E-state index is 0.0320. The van der Waals surface area contributed by atoms with E-state index in [1.807, 2.05) is 30.3 Å². The van der Waals surface area contributed by atoms with Gasteiger partial charge in [0.25, 0.3) is 0 Å². The third-order valence-electron chi connectivity index (χ3n) is 4.26. The Bertz CT molecular complexity index is 805. The second-order valence-electron chi connectivity index (χ2n) is 6.49. The molecule has 0 bridgehead atoms. The number of amides is 2. The van der Waals surface area contributed by atoms with Crippen LogP contribution < -0.4 is 10.2 Å². The van der Waals surface area contributed by atoms with E-state index in [2.05, 4.69) is 5.32 Å². The van der Waals surface area contributed by atoms with E-state index in [9.17, 15) is 14.4 Å². The summed E-state index contributed by atoms with van der Waals surface area (Å²) >= 11 is 0. The molecule has 0 aromatic heterocycles. The van der Waals surface area contributed by atoms with Crippen molar-refractivity contribution in [3.05, 3.63) is 60.2 Å². The normalized spacial score (nSPS) is 10.2. The molecule has 0 radical (unpaired) electrons. The van der Waals surface area contributed by atoms with Crippen LogP contribution in [0, 0.1) is 0 Å². The smallest absolute Gasteiger partial charge is 0.306 e. The Labute approximate surface area is 165 Å². The Morgan fingerprint density at radius 1 is 1.00 bits per heavy atom. The average molecular weight is 382 g/mol. The Morgan fingerprint density at radius 2 is 1.75 bits per heavy atom. The van der Waals surface area contributed by atoms with Crippen LogP contribution in [0.5, 0.6) is 0 Å². The standard InChI is InChI=1S/C22H26N2O4/c1-17(25)24(2)20-12-6-11-19(16-20)23-21(26)13-14-22(27)28-15-7-10-18-8-4-3-5-9-18/h3-6,8-9,11-12,16H,7,10,13-15H2,1-2H3,(H,23,26). The maximum Gasteiger partial charge on any atom is 0.306 e. The second kappa shape index (κ2) is 10.9. The number of nitrogens with zero attached hydrogens (tertiary/aromatic N) is 1. The summed E-state index contributed by atoms with van der Waals surface area (Å²) in [5, 5.41) is 2.74. The molecule has 0 fully saturated rings. The molecule has 2 amide bonds. The predicted molar refractivity (Wildman–Crippen MR) is 109 cm³/mol. The number of aryl methyl sites for hydroxylation is 1. The van der Waals surface area contributed by atoms with Crippen molar-refractivity contribution in [1.82, 2.24) is 0 Å². The van der Waals surface area contributed by atoms with E-state index in [1.165, 1.54) is 17.4 Å². The third kappa shape index (κ3) is 7.23. The highest BCUT2D eigenvalue weighted by molar-refractivity contribution is 5.95. The Balaban J connectivity index is 1.68. The molecular formula is C22H26N2O4. The first kappa shape index (κ1) is 21.2. The Hall–Kier alpha value is -3.15. The van der Waals surface area contributed by atoms with E-state index < -0.39 is 0 Å². The number of hydrogen-bond donors (Lipinski definition) is 1. The van der Waals surface area contributed by atoms with Crippen LogP contribution in [0.2, 0.25) is 0 Å². The van der Waals surface area contributed by atoms with E-state index >= 15 is 0 Å². The van der Waals surface area contributed by atoms with Crippen molar-refractivity contribution in [3.63, 3.8) is 0 Å². The lowest BCUT2D eigenvalue weighted by Gasteiger charge is -2.16. The average Bonchev–Trinajstić information content (AvgIpc) is 2.70. The van der Waals surface area contributed by atoms with E-state index in [-0.39, 0.29) is 30.6 Å². The van der Waals surface area contributed by atoms with Crippen molar-refractivity contribution in [2.45, 2.75) is 32.6 Å². The first-order valence-corrected chi connectivity index (χ1v) is 9.29. The van der Waals surface area contributed by atoms with Gasteiger partial charge in [-0.15, -0.1) is 0 Å². The van der Waals surface area contributed by atoms with E-state index in [0.29, 0.717) is 18.0 Å². The molecule has 148 valence electrons.